The van der Waals surface area contributed by atoms with Crippen molar-refractivity contribution in [3.05, 3.63) is 12.3 Å². The van der Waals surface area contributed by atoms with Gasteiger partial charge in [0.15, 0.2) is 12.6 Å². The minimum absolute atomic E-state index is 0.00787. The van der Waals surface area contributed by atoms with E-state index in [-0.39, 0.29) is 12.6 Å². The van der Waals surface area contributed by atoms with Crippen LogP contribution in [-0.2, 0) is 19.0 Å². The molecule has 0 heterocycles. The molecule has 0 radical (unpaired) electrons. The molecule has 0 bridgehead atoms. The smallest absolute Gasteiger partial charge is 0.372 e. The number of carbonyl (C=O) groups is 1. The zero-order valence-corrected chi connectivity index (χ0v) is 6.05. The van der Waals surface area contributed by atoms with Crippen molar-refractivity contribution in [3.8, 4) is 0 Å². The summed E-state index contributed by atoms with van der Waals surface area (Å²) in [6.07, 6.45) is 0. The third-order valence-corrected chi connectivity index (χ3v) is 0.764. The molecule has 58 valence electrons. The first kappa shape index (κ1) is 8.97. The van der Waals surface area contributed by atoms with E-state index >= 15 is 0 Å². The van der Waals surface area contributed by atoms with Crippen LogP contribution in [0.4, 0.5) is 0 Å². The number of methoxy groups -OCH3 is 2. The van der Waals surface area contributed by atoms with Gasteiger partial charge in [0.25, 0.3) is 0 Å². The van der Waals surface area contributed by atoms with E-state index in [1.54, 1.807) is 0 Å². The molecule has 0 aromatic carbocycles. The number of rotatable bonds is 4. The van der Waals surface area contributed by atoms with E-state index in [4.69, 9.17) is 0 Å². The molecule has 0 N–H and O–H groups in total. The minimum atomic E-state index is -0.586. The highest BCUT2D eigenvalue weighted by molar-refractivity contribution is 5.85. The van der Waals surface area contributed by atoms with Crippen molar-refractivity contribution >= 4 is 5.97 Å². The van der Waals surface area contributed by atoms with Gasteiger partial charge in [-0.25, -0.2) is 4.79 Å². The Balaban J connectivity index is 3.52. The second-order valence-corrected chi connectivity index (χ2v) is 1.47. The van der Waals surface area contributed by atoms with Gasteiger partial charge in [-0.1, -0.05) is 0 Å². The number of carbonyl (C=O) groups excluding carboxylic acids is 1. The van der Waals surface area contributed by atoms with E-state index in [2.05, 4.69) is 20.8 Å². The van der Waals surface area contributed by atoms with Crippen LogP contribution in [0.15, 0.2) is 12.3 Å². The molecule has 4 nitrogen and oxygen atoms in total. The molecular weight excluding hydrogens is 136 g/mol. The summed E-state index contributed by atoms with van der Waals surface area (Å²) in [5, 5.41) is 0. The summed E-state index contributed by atoms with van der Waals surface area (Å²) in [5.41, 5.74) is 0. The number of ether oxygens (including phenoxy) is 3. The molecule has 0 unspecified atom stereocenters. The molecule has 0 atom stereocenters. The highest BCUT2D eigenvalue weighted by atomic mass is 16.7. The first-order valence-corrected chi connectivity index (χ1v) is 2.61. The van der Waals surface area contributed by atoms with Crippen LogP contribution >= 0.6 is 0 Å². The molecule has 0 saturated carbocycles. The van der Waals surface area contributed by atoms with Crippen LogP contribution in [0, 0.1) is 0 Å². The minimum Gasteiger partial charge on any atom is -0.463 e. The summed E-state index contributed by atoms with van der Waals surface area (Å²) >= 11 is 0. The molecule has 0 aliphatic heterocycles. The van der Waals surface area contributed by atoms with Gasteiger partial charge in [0.05, 0.1) is 7.11 Å². The molecular formula is C6H10O4. The van der Waals surface area contributed by atoms with Gasteiger partial charge < -0.3 is 14.2 Å². The fourth-order valence-electron chi connectivity index (χ4n) is 0.303. The predicted octanol–water partition coefficient (Wildman–Crippen LogP) is 0.294. The third-order valence-electron chi connectivity index (χ3n) is 0.764. The number of hydrogen-bond acceptors (Lipinski definition) is 4. The molecule has 0 fully saturated rings. The second-order valence-electron chi connectivity index (χ2n) is 1.47. The monoisotopic (exact) mass is 146 g/mol. The maximum Gasteiger partial charge on any atom is 0.372 e. The van der Waals surface area contributed by atoms with Crippen LogP contribution in [0.2, 0.25) is 0 Å². The number of esters is 1. The van der Waals surface area contributed by atoms with E-state index in [1.165, 1.54) is 14.2 Å². The van der Waals surface area contributed by atoms with Crippen molar-refractivity contribution < 1.29 is 19.0 Å². The van der Waals surface area contributed by atoms with Crippen LogP contribution in [0.1, 0.15) is 0 Å². The second kappa shape index (κ2) is 4.81. The molecule has 10 heavy (non-hydrogen) atoms. The van der Waals surface area contributed by atoms with Gasteiger partial charge in [0.2, 0.25) is 0 Å². The van der Waals surface area contributed by atoms with Crippen LogP contribution in [0.5, 0.6) is 0 Å². The fourth-order valence-corrected chi connectivity index (χ4v) is 0.303. The molecule has 0 amide bonds. The van der Waals surface area contributed by atoms with Crippen molar-refractivity contribution in [2.24, 2.45) is 0 Å². The van der Waals surface area contributed by atoms with Gasteiger partial charge in [0.1, 0.15) is 0 Å². The van der Waals surface area contributed by atoms with Gasteiger partial charge in [-0.3, -0.25) is 0 Å². The molecule has 0 aromatic rings. The average molecular weight is 146 g/mol. The summed E-state index contributed by atoms with van der Waals surface area (Å²) in [6.45, 7) is 3.29. The molecule has 0 saturated heterocycles. The van der Waals surface area contributed by atoms with Crippen molar-refractivity contribution in [1.29, 1.82) is 0 Å². The molecule has 0 aliphatic carbocycles. The summed E-state index contributed by atoms with van der Waals surface area (Å²) in [4.78, 5) is 10.5. The lowest BCUT2D eigenvalue weighted by atomic mass is 10.6. The maximum atomic E-state index is 10.5. The van der Waals surface area contributed by atoms with E-state index in [0.29, 0.717) is 0 Å². The molecule has 0 rings (SSSR count). The average Bonchev–Trinajstić information content (AvgIpc) is 1.98. The maximum absolute atomic E-state index is 10.5. The Morgan fingerprint density at radius 2 is 2.10 bits per heavy atom. The molecule has 0 spiro atoms. The SMILES string of the molecule is C=C(OCOC)C(=O)OC. The van der Waals surface area contributed by atoms with Gasteiger partial charge in [0, 0.05) is 7.11 Å². The molecule has 0 aliphatic rings. The summed E-state index contributed by atoms with van der Waals surface area (Å²) in [5.74, 6) is -0.638. The van der Waals surface area contributed by atoms with Crippen LogP contribution in [0.25, 0.3) is 0 Å². The topological polar surface area (TPSA) is 44.8 Å². The standard InChI is InChI=1S/C6H10O4/c1-5(6(7)9-3)10-4-8-2/h1,4H2,2-3H3. The van der Waals surface area contributed by atoms with Gasteiger partial charge in [-0.15, -0.1) is 0 Å². The van der Waals surface area contributed by atoms with Crippen molar-refractivity contribution in [2.45, 2.75) is 0 Å². The Morgan fingerprint density at radius 3 is 2.50 bits per heavy atom. The Labute approximate surface area is 59.4 Å². The van der Waals surface area contributed by atoms with Crippen LogP contribution < -0.4 is 0 Å². The lowest BCUT2D eigenvalue weighted by Gasteiger charge is -2.03. The van der Waals surface area contributed by atoms with Gasteiger partial charge >= 0.3 is 5.97 Å². The highest BCUT2D eigenvalue weighted by Crippen LogP contribution is 1.94. The van der Waals surface area contributed by atoms with E-state index < -0.39 is 5.97 Å². The Kier molecular flexibility index (Phi) is 4.32. The Hall–Kier alpha value is -1.03. The molecule has 4 heteroatoms. The lowest BCUT2D eigenvalue weighted by molar-refractivity contribution is -0.142. The summed E-state index contributed by atoms with van der Waals surface area (Å²) < 4.78 is 13.5. The van der Waals surface area contributed by atoms with Crippen LogP contribution in [-0.4, -0.2) is 27.0 Å². The normalized spacial score (nSPS) is 8.60. The molecule has 0 aromatic heterocycles. The van der Waals surface area contributed by atoms with Gasteiger partial charge in [-0.2, -0.15) is 0 Å². The van der Waals surface area contributed by atoms with Crippen molar-refractivity contribution in [3.63, 3.8) is 0 Å². The number of hydrogen-bond donors (Lipinski definition) is 0. The third kappa shape index (κ3) is 3.09. The van der Waals surface area contributed by atoms with Crippen molar-refractivity contribution in [1.82, 2.24) is 0 Å². The lowest BCUT2D eigenvalue weighted by Crippen LogP contribution is -2.08. The largest absolute Gasteiger partial charge is 0.463 e. The van der Waals surface area contributed by atoms with Crippen molar-refractivity contribution in [2.75, 3.05) is 21.0 Å². The quantitative estimate of drug-likeness (QED) is 0.247. The van der Waals surface area contributed by atoms with E-state index in [1.807, 2.05) is 0 Å². The summed E-state index contributed by atoms with van der Waals surface area (Å²) in [7, 11) is 2.70. The first-order valence-electron chi connectivity index (χ1n) is 2.61. The predicted molar refractivity (Wildman–Crippen MR) is 34.1 cm³/mol. The zero-order valence-electron chi connectivity index (χ0n) is 6.05. The Bertz CT molecular complexity index is 130. The first-order chi connectivity index (χ1) is 4.72. The van der Waals surface area contributed by atoms with Crippen LogP contribution in [0.3, 0.4) is 0 Å². The Morgan fingerprint density at radius 1 is 1.50 bits per heavy atom. The fraction of sp³-hybridized carbons (Fsp3) is 0.500. The van der Waals surface area contributed by atoms with E-state index in [9.17, 15) is 4.79 Å². The van der Waals surface area contributed by atoms with E-state index in [0.717, 1.165) is 0 Å². The summed E-state index contributed by atoms with van der Waals surface area (Å²) in [6, 6.07) is 0. The zero-order chi connectivity index (χ0) is 7.98. The van der Waals surface area contributed by atoms with Gasteiger partial charge in [-0.05, 0) is 6.58 Å². The highest BCUT2D eigenvalue weighted by Gasteiger charge is 2.05.